The average molecular weight is 564 g/mol. The SMILES string of the molecule is COc1cc(/C=N\NC(=O)COc2ccc(C3SCCS3)cc2)cc(Cl)c1OCc1ccc(Cl)cc1. The van der Waals surface area contributed by atoms with Crippen molar-refractivity contribution < 1.29 is 19.0 Å². The second-order valence-electron chi connectivity index (χ2n) is 7.67. The molecule has 10 heteroatoms. The van der Waals surface area contributed by atoms with E-state index in [0.29, 0.717) is 44.0 Å². The van der Waals surface area contributed by atoms with Crippen molar-refractivity contribution in [2.24, 2.45) is 5.10 Å². The summed E-state index contributed by atoms with van der Waals surface area (Å²) in [7, 11) is 1.53. The Balaban J connectivity index is 1.28. The van der Waals surface area contributed by atoms with Crippen molar-refractivity contribution in [3.05, 3.63) is 87.4 Å². The van der Waals surface area contributed by atoms with Crippen LogP contribution < -0.4 is 19.6 Å². The van der Waals surface area contributed by atoms with Crippen molar-refractivity contribution in [1.82, 2.24) is 5.43 Å². The van der Waals surface area contributed by atoms with Gasteiger partial charge in [0, 0.05) is 16.5 Å². The first-order valence-electron chi connectivity index (χ1n) is 11.0. The molecule has 1 fully saturated rings. The van der Waals surface area contributed by atoms with Gasteiger partial charge in [-0.05, 0) is 53.1 Å². The van der Waals surface area contributed by atoms with Crippen molar-refractivity contribution >= 4 is 58.8 Å². The zero-order valence-corrected chi connectivity index (χ0v) is 22.6. The molecule has 0 spiro atoms. The molecule has 0 atom stereocenters. The van der Waals surface area contributed by atoms with Gasteiger partial charge in [-0.1, -0.05) is 47.5 Å². The van der Waals surface area contributed by atoms with Gasteiger partial charge in [-0.2, -0.15) is 5.10 Å². The van der Waals surface area contributed by atoms with Gasteiger partial charge in [0.1, 0.15) is 12.4 Å². The molecule has 1 heterocycles. The van der Waals surface area contributed by atoms with E-state index < -0.39 is 0 Å². The summed E-state index contributed by atoms with van der Waals surface area (Å²) in [4.78, 5) is 12.1. The van der Waals surface area contributed by atoms with Crippen LogP contribution in [0.3, 0.4) is 0 Å². The fourth-order valence-electron chi connectivity index (χ4n) is 3.32. The van der Waals surface area contributed by atoms with Crippen LogP contribution in [0.5, 0.6) is 17.2 Å². The highest BCUT2D eigenvalue weighted by atomic mass is 35.5. The number of hydrogen-bond donors (Lipinski definition) is 1. The number of ether oxygens (including phenoxy) is 3. The molecule has 1 saturated heterocycles. The Morgan fingerprint density at radius 3 is 2.47 bits per heavy atom. The predicted molar refractivity (Wildman–Crippen MR) is 149 cm³/mol. The summed E-state index contributed by atoms with van der Waals surface area (Å²) in [6.07, 6.45) is 1.47. The topological polar surface area (TPSA) is 69.2 Å². The third-order valence-corrected chi connectivity index (χ3v) is 8.73. The van der Waals surface area contributed by atoms with E-state index in [4.69, 9.17) is 37.4 Å². The Hall–Kier alpha value is -2.52. The molecule has 1 aliphatic heterocycles. The lowest BCUT2D eigenvalue weighted by molar-refractivity contribution is -0.123. The van der Waals surface area contributed by atoms with Crippen LogP contribution in [0.15, 0.2) is 65.8 Å². The van der Waals surface area contributed by atoms with Gasteiger partial charge in [-0.25, -0.2) is 5.43 Å². The minimum atomic E-state index is -0.377. The summed E-state index contributed by atoms with van der Waals surface area (Å²) in [6.45, 7) is 0.156. The molecule has 3 aromatic carbocycles. The Bertz CT molecular complexity index is 1200. The van der Waals surface area contributed by atoms with E-state index in [0.717, 1.165) is 5.56 Å². The van der Waals surface area contributed by atoms with Gasteiger partial charge in [-0.3, -0.25) is 4.79 Å². The molecule has 6 nitrogen and oxygen atoms in total. The Labute approximate surface area is 228 Å². The molecule has 0 aliphatic carbocycles. The number of rotatable bonds is 10. The Kier molecular flexibility index (Phi) is 9.69. The molecule has 0 aromatic heterocycles. The fourth-order valence-corrected chi connectivity index (χ4v) is 6.58. The lowest BCUT2D eigenvalue weighted by Gasteiger charge is -2.13. The second kappa shape index (κ2) is 13.1. The standard InChI is InChI=1S/C26H24Cl2N2O4S2/c1-32-23-13-18(12-22(28)25(23)34-15-17-2-6-20(27)7-3-17)14-29-30-24(31)16-33-21-8-4-19(5-9-21)26-35-10-11-36-26/h2-9,12-14,26H,10-11,15-16H2,1H3,(H,30,31)/b29-14-. The summed E-state index contributed by atoms with van der Waals surface area (Å²) in [5.74, 6) is 3.48. The molecule has 188 valence electrons. The summed E-state index contributed by atoms with van der Waals surface area (Å²) >= 11 is 16.2. The fraction of sp³-hybridized carbons (Fsp3) is 0.231. The first-order valence-corrected chi connectivity index (χ1v) is 13.9. The molecule has 0 saturated carbocycles. The van der Waals surface area contributed by atoms with Gasteiger partial charge in [0.2, 0.25) is 0 Å². The first kappa shape index (κ1) is 26.5. The van der Waals surface area contributed by atoms with Crippen LogP contribution in [0, 0.1) is 0 Å². The summed E-state index contributed by atoms with van der Waals surface area (Å²) in [6, 6.07) is 18.6. The lowest BCUT2D eigenvalue weighted by Crippen LogP contribution is -2.24. The maximum absolute atomic E-state index is 12.1. The minimum absolute atomic E-state index is 0.148. The number of amides is 1. The van der Waals surface area contributed by atoms with Crippen molar-refractivity contribution in [3.8, 4) is 17.2 Å². The van der Waals surface area contributed by atoms with Crippen LogP contribution in [-0.4, -0.2) is 37.3 Å². The third-order valence-electron chi connectivity index (χ3n) is 5.10. The predicted octanol–water partition coefficient (Wildman–Crippen LogP) is 6.59. The van der Waals surface area contributed by atoms with Crippen LogP contribution in [0.2, 0.25) is 10.0 Å². The van der Waals surface area contributed by atoms with Gasteiger partial charge in [0.15, 0.2) is 18.1 Å². The number of halogens is 2. The van der Waals surface area contributed by atoms with Crippen LogP contribution in [-0.2, 0) is 11.4 Å². The van der Waals surface area contributed by atoms with Gasteiger partial charge < -0.3 is 14.2 Å². The second-order valence-corrected chi connectivity index (χ2v) is 11.2. The number of nitrogens with zero attached hydrogens (tertiary/aromatic N) is 1. The van der Waals surface area contributed by atoms with E-state index in [9.17, 15) is 4.79 Å². The highest BCUT2D eigenvalue weighted by Crippen LogP contribution is 2.45. The first-order chi connectivity index (χ1) is 17.5. The van der Waals surface area contributed by atoms with Gasteiger partial charge in [-0.15, -0.1) is 23.5 Å². The highest BCUT2D eigenvalue weighted by molar-refractivity contribution is 8.19. The molecule has 0 bridgehead atoms. The Morgan fingerprint density at radius 1 is 1.06 bits per heavy atom. The number of methoxy groups -OCH3 is 1. The van der Waals surface area contributed by atoms with E-state index in [2.05, 4.69) is 10.5 Å². The molecule has 0 unspecified atom stereocenters. The molecular formula is C26H24Cl2N2O4S2. The molecule has 1 N–H and O–H groups in total. The van der Waals surface area contributed by atoms with E-state index in [1.54, 1.807) is 24.3 Å². The molecular weight excluding hydrogens is 539 g/mol. The van der Waals surface area contributed by atoms with Crippen molar-refractivity contribution in [1.29, 1.82) is 0 Å². The number of benzene rings is 3. The van der Waals surface area contributed by atoms with E-state index in [-0.39, 0.29) is 12.5 Å². The summed E-state index contributed by atoms with van der Waals surface area (Å²) in [5, 5.41) is 5.01. The molecule has 36 heavy (non-hydrogen) atoms. The number of thioether (sulfide) groups is 2. The third kappa shape index (κ3) is 7.49. The number of carbonyl (C=O) groups excluding carboxylic acids is 1. The van der Waals surface area contributed by atoms with Crippen LogP contribution in [0.1, 0.15) is 21.3 Å². The van der Waals surface area contributed by atoms with E-state index >= 15 is 0 Å². The monoisotopic (exact) mass is 562 g/mol. The van der Waals surface area contributed by atoms with Gasteiger partial charge >= 0.3 is 0 Å². The van der Waals surface area contributed by atoms with Crippen LogP contribution >= 0.6 is 46.7 Å². The molecule has 3 aromatic rings. The highest BCUT2D eigenvalue weighted by Gasteiger charge is 2.18. The number of hydrogen-bond acceptors (Lipinski definition) is 7. The van der Waals surface area contributed by atoms with E-state index in [1.165, 1.54) is 30.4 Å². The number of hydrazone groups is 1. The maximum atomic E-state index is 12.1. The van der Waals surface area contributed by atoms with Gasteiger partial charge in [0.05, 0.1) is 22.9 Å². The molecule has 0 radical (unpaired) electrons. The average Bonchev–Trinajstić information content (AvgIpc) is 3.43. The number of nitrogens with one attached hydrogen (secondary N) is 1. The Morgan fingerprint density at radius 2 is 1.78 bits per heavy atom. The quantitative estimate of drug-likeness (QED) is 0.222. The van der Waals surface area contributed by atoms with Crippen LogP contribution in [0.4, 0.5) is 0 Å². The molecule has 1 amide bonds. The van der Waals surface area contributed by atoms with Gasteiger partial charge in [0.25, 0.3) is 5.91 Å². The largest absolute Gasteiger partial charge is 0.493 e. The zero-order chi connectivity index (χ0) is 25.3. The van der Waals surface area contributed by atoms with Crippen LogP contribution in [0.25, 0.3) is 0 Å². The van der Waals surface area contributed by atoms with Crippen molar-refractivity contribution in [2.45, 2.75) is 11.2 Å². The van der Waals surface area contributed by atoms with Crippen molar-refractivity contribution in [3.63, 3.8) is 0 Å². The van der Waals surface area contributed by atoms with Crippen molar-refractivity contribution in [2.75, 3.05) is 25.2 Å². The molecule has 4 rings (SSSR count). The number of carbonyl (C=O) groups is 1. The maximum Gasteiger partial charge on any atom is 0.277 e. The smallest absolute Gasteiger partial charge is 0.277 e. The minimum Gasteiger partial charge on any atom is -0.493 e. The lowest BCUT2D eigenvalue weighted by atomic mass is 10.2. The zero-order valence-electron chi connectivity index (χ0n) is 19.4. The normalized spacial score (nSPS) is 13.6. The molecule has 1 aliphatic rings. The summed E-state index contributed by atoms with van der Waals surface area (Å²) < 4.78 is 17.3. The summed E-state index contributed by atoms with van der Waals surface area (Å²) in [5.41, 5.74) is 5.29. The van der Waals surface area contributed by atoms with E-state index in [1.807, 2.05) is 59.9 Å².